The Bertz CT molecular complexity index is 1400. The van der Waals surface area contributed by atoms with Gasteiger partial charge in [-0.25, -0.2) is 8.42 Å². The molecule has 7 nitrogen and oxygen atoms in total. The minimum atomic E-state index is -4.09. The second kappa shape index (κ2) is 12.3. The standard InChI is InChI=1S/C30H37N3O4S/c1-7-31-30(35)25(6)32(19-26-12-8-10-22(3)18-26)29(34)20-33(28-13-9-11-23(4)24(28)5)38(36,37)27-16-14-21(2)15-17-27/h8-18,25H,7,19-20H2,1-6H3,(H,31,35)/t25-/m1/s1. The van der Waals surface area contributed by atoms with E-state index in [4.69, 9.17) is 0 Å². The molecule has 0 unspecified atom stereocenters. The van der Waals surface area contributed by atoms with Crippen LogP contribution in [-0.4, -0.2) is 44.3 Å². The van der Waals surface area contributed by atoms with Crippen molar-refractivity contribution >= 4 is 27.5 Å². The van der Waals surface area contributed by atoms with E-state index in [-0.39, 0.29) is 17.3 Å². The number of anilines is 1. The molecule has 1 atom stereocenters. The van der Waals surface area contributed by atoms with Gasteiger partial charge in [0.1, 0.15) is 12.6 Å². The molecule has 2 amide bonds. The number of hydrogen-bond acceptors (Lipinski definition) is 4. The number of carbonyl (C=O) groups excluding carboxylic acids is 2. The van der Waals surface area contributed by atoms with Gasteiger partial charge >= 0.3 is 0 Å². The number of likely N-dealkylation sites (N-methyl/N-ethyl adjacent to an activating group) is 1. The molecule has 3 aromatic rings. The van der Waals surface area contributed by atoms with Crippen molar-refractivity contribution in [2.45, 2.75) is 59.0 Å². The largest absolute Gasteiger partial charge is 0.355 e. The Morgan fingerprint density at radius 2 is 1.55 bits per heavy atom. The topological polar surface area (TPSA) is 86.8 Å². The second-order valence-electron chi connectivity index (χ2n) is 9.63. The molecule has 0 heterocycles. The summed E-state index contributed by atoms with van der Waals surface area (Å²) >= 11 is 0. The van der Waals surface area contributed by atoms with Crippen LogP contribution in [0.3, 0.4) is 0 Å². The zero-order valence-electron chi connectivity index (χ0n) is 23.0. The van der Waals surface area contributed by atoms with Crippen LogP contribution in [0.4, 0.5) is 5.69 Å². The summed E-state index contributed by atoms with van der Waals surface area (Å²) in [5.41, 5.74) is 4.91. The molecule has 0 spiro atoms. The number of amides is 2. The molecule has 8 heteroatoms. The van der Waals surface area contributed by atoms with E-state index < -0.39 is 28.5 Å². The third kappa shape index (κ3) is 6.61. The molecule has 0 aromatic heterocycles. The van der Waals surface area contributed by atoms with Crippen molar-refractivity contribution in [2.24, 2.45) is 0 Å². The smallest absolute Gasteiger partial charge is 0.264 e. The van der Waals surface area contributed by atoms with Crippen LogP contribution in [0, 0.1) is 27.7 Å². The van der Waals surface area contributed by atoms with Crippen LogP contribution in [0.5, 0.6) is 0 Å². The number of carbonyl (C=O) groups is 2. The van der Waals surface area contributed by atoms with Crippen molar-refractivity contribution in [1.29, 1.82) is 0 Å². The number of sulfonamides is 1. The second-order valence-corrected chi connectivity index (χ2v) is 11.5. The monoisotopic (exact) mass is 535 g/mol. The van der Waals surface area contributed by atoms with Gasteiger partial charge in [0.05, 0.1) is 10.6 Å². The molecule has 1 N–H and O–H groups in total. The van der Waals surface area contributed by atoms with Crippen LogP contribution >= 0.6 is 0 Å². The van der Waals surface area contributed by atoms with Gasteiger partial charge in [-0.05, 0) is 76.4 Å². The Balaban J connectivity index is 2.08. The molecule has 0 aliphatic rings. The van der Waals surface area contributed by atoms with E-state index in [2.05, 4.69) is 5.32 Å². The summed E-state index contributed by atoms with van der Waals surface area (Å²) < 4.78 is 29.1. The van der Waals surface area contributed by atoms with E-state index in [1.807, 2.05) is 65.0 Å². The predicted molar refractivity (Wildman–Crippen MR) is 152 cm³/mol. The molecule has 0 aliphatic carbocycles. The molecule has 0 aliphatic heterocycles. The zero-order chi connectivity index (χ0) is 28.0. The van der Waals surface area contributed by atoms with Gasteiger partial charge in [0.2, 0.25) is 11.8 Å². The predicted octanol–water partition coefficient (Wildman–Crippen LogP) is 4.67. The van der Waals surface area contributed by atoms with Crippen molar-refractivity contribution in [3.05, 3.63) is 94.5 Å². The highest BCUT2D eigenvalue weighted by molar-refractivity contribution is 7.92. The van der Waals surface area contributed by atoms with Crippen LogP contribution in [0.2, 0.25) is 0 Å². The van der Waals surface area contributed by atoms with Gasteiger partial charge in [-0.1, -0.05) is 59.7 Å². The maximum absolute atomic E-state index is 14.0. The average molecular weight is 536 g/mol. The maximum Gasteiger partial charge on any atom is 0.264 e. The Labute approximate surface area is 226 Å². The van der Waals surface area contributed by atoms with E-state index in [1.165, 1.54) is 4.90 Å². The van der Waals surface area contributed by atoms with Gasteiger partial charge < -0.3 is 10.2 Å². The third-order valence-electron chi connectivity index (χ3n) is 6.69. The number of hydrogen-bond donors (Lipinski definition) is 1. The molecule has 3 aromatic carbocycles. The van der Waals surface area contributed by atoms with Gasteiger partial charge in [0.15, 0.2) is 0 Å². The zero-order valence-corrected chi connectivity index (χ0v) is 23.8. The molecular formula is C30H37N3O4S. The van der Waals surface area contributed by atoms with E-state index in [0.29, 0.717) is 12.2 Å². The van der Waals surface area contributed by atoms with Crippen molar-refractivity contribution in [2.75, 3.05) is 17.4 Å². The first-order valence-electron chi connectivity index (χ1n) is 12.7. The molecule has 202 valence electrons. The van der Waals surface area contributed by atoms with E-state index in [9.17, 15) is 18.0 Å². The quantitative estimate of drug-likeness (QED) is 0.409. The summed E-state index contributed by atoms with van der Waals surface area (Å²) in [6, 6.07) is 18.9. The lowest BCUT2D eigenvalue weighted by Crippen LogP contribution is -2.51. The lowest BCUT2D eigenvalue weighted by molar-refractivity contribution is -0.139. The summed E-state index contributed by atoms with van der Waals surface area (Å²) in [5, 5.41) is 2.78. The van der Waals surface area contributed by atoms with Gasteiger partial charge in [-0.15, -0.1) is 0 Å². The van der Waals surface area contributed by atoms with Crippen LogP contribution in [0.1, 0.15) is 41.7 Å². The van der Waals surface area contributed by atoms with Crippen LogP contribution in [-0.2, 0) is 26.2 Å². The number of aryl methyl sites for hydroxylation is 3. The summed E-state index contributed by atoms with van der Waals surface area (Å²) in [7, 11) is -4.09. The lowest BCUT2D eigenvalue weighted by atomic mass is 10.1. The Kier molecular flexibility index (Phi) is 9.33. The van der Waals surface area contributed by atoms with Gasteiger partial charge in [-0.3, -0.25) is 13.9 Å². The molecule has 0 bridgehead atoms. The summed E-state index contributed by atoms with van der Waals surface area (Å²) in [5.74, 6) is -0.768. The SMILES string of the molecule is CCNC(=O)[C@@H](C)N(Cc1cccc(C)c1)C(=O)CN(c1cccc(C)c1C)S(=O)(=O)c1ccc(C)cc1. The Morgan fingerprint density at radius 3 is 2.18 bits per heavy atom. The summed E-state index contributed by atoms with van der Waals surface area (Å²) in [6.45, 7) is 11.2. The molecule has 0 saturated carbocycles. The van der Waals surface area contributed by atoms with Crippen molar-refractivity contribution in [3.8, 4) is 0 Å². The summed E-state index contributed by atoms with van der Waals surface area (Å²) in [6.07, 6.45) is 0. The number of rotatable bonds is 10. The van der Waals surface area contributed by atoms with Crippen molar-refractivity contribution < 1.29 is 18.0 Å². The average Bonchev–Trinajstić information content (AvgIpc) is 2.87. The van der Waals surface area contributed by atoms with Crippen molar-refractivity contribution in [1.82, 2.24) is 10.2 Å². The fourth-order valence-electron chi connectivity index (χ4n) is 4.27. The molecule has 0 saturated heterocycles. The first-order valence-corrected chi connectivity index (χ1v) is 14.2. The molecule has 0 radical (unpaired) electrons. The lowest BCUT2D eigenvalue weighted by Gasteiger charge is -2.32. The summed E-state index contributed by atoms with van der Waals surface area (Å²) in [4.78, 5) is 28.3. The number of nitrogens with one attached hydrogen (secondary N) is 1. The maximum atomic E-state index is 14.0. The third-order valence-corrected chi connectivity index (χ3v) is 8.46. The molecule has 3 rings (SSSR count). The van der Waals surface area contributed by atoms with E-state index in [0.717, 1.165) is 32.1 Å². The first-order chi connectivity index (χ1) is 17.9. The van der Waals surface area contributed by atoms with Gasteiger partial charge in [0, 0.05) is 13.1 Å². The number of nitrogens with zero attached hydrogens (tertiary/aromatic N) is 2. The highest BCUT2D eigenvalue weighted by Crippen LogP contribution is 2.29. The fourth-order valence-corrected chi connectivity index (χ4v) is 5.74. The molecular weight excluding hydrogens is 498 g/mol. The van der Waals surface area contributed by atoms with Crippen molar-refractivity contribution in [3.63, 3.8) is 0 Å². The minimum Gasteiger partial charge on any atom is -0.355 e. The van der Waals surface area contributed by atoms with Crippen LogP contribution in [0.25, 0.3) is 0 Å². The highest BCUT2D eigenvalue weighted by Gasteiger charge is 2.33. The number of benzene rings is 3. The molecule has 0 fully saturated rings. The van der Waals surface area contributed by atoms with Gasteiger partial charge in [0.25, 0.3) is 10.0 Å². The Hall–Kier alpha value is -3.65. The van der Waals surface area contributed by atoms with Crippen LogP contribution < -0.4 is 9.62 Å². The Morgan fingerprint density at radius 1 is 0.895 bits per heavy atom. The van der Waals surface area contributed by atoms with E-state index in [1.54, 1.807) is 43.3 Å². The molecule has 38 heavy (non-hydrogen) atoms. The van der Waals surface area contributed by atoms with Gasteiger partial charge in [-0.2, -0.15) is 0 Å². The normalized spacial score (nSPS) is 12.1. The van der Waals surface area contributed by atoms with Crippen LogP contribution in [0.15, 0.2) is 71.6 Å². The highest BCUT2D eigenvalue weighted by atomic mass is 32.2. The fraction of sp³-hybridized carbons (Fsp3) is 0.333. The first kappa shape index (κ1) is 28.9. The minimum absolute atomic E-state index is 0.0961. The van der Waals surface area contributed by atoms with E-state index >= 15 is 0 Å².